The molecule has 0 saturated carbocycles. The summed E-state index contributed by atoms with van der Waals surface area (Å²) >= 11 is 0. The van der Waals surface area contributed by atoms with Crippen molar-refractivity contribution in [1.29, 1.82) is 0 Å². The number of hydrogen-bond acceptors (Lipinski definition) is 4. The van der Waals surface area contributed by atoms with Crippen LogP contribution in [0.5, 0.6) is 5.88 Å². The van der Waals surface area contributed by atoms with E-state index in [4.69, 9.17) is 0 Å². The van der Waals surface area contributed by atoms with Crippen molar-refractivity contribution >= 4 is 0 Å². The van der Waals surface area contributed by atoms with Crippen molar-refractivity contribution in [2.45, 2.75) is 33.0 Å². The van der Waals surface area contributed by atoms with E-state index in [-0.39, 0.29) is 11.9 Å². The molecule has 0 saturated heterocycles. The molecule has 0 bridgehead atoms. The average Bonchev–Trinajstić information content (AvgIpc) is 2.78. The van der Waals surface area contributed by atoms with Gasteiger partial charge in [0.2, 0.25) is 5.88 Å². The minimum absolute atomic E-state index is 0.0915. The molecule has 0 spiro atoms. The lowest BCUT2D eigenvalue weighted by Crippen LogP contribution is -2.32. The van der Waals surface area contributed by atoms with Crippen LogP contribution in [0.4, 0.5) is 8.78 Å². The molecule has 0 aromatic carbocycles. The molecule has 3 rings (SSSR count). The molecule has 2 aromatic rings. The van der Waals surface area contributed by atoms with E-state index >= 15 is 0 Å². The Balaban J connectivity index is 2.14. The van der Waals surface area contributed by atoms with Gasteiger partial charge in [0, 0.05) is 25.3 Å². The fourth-order valence-electron chi connectivity index (χ4n) is 2.74. The molecule has 0 fully saturated rings. The molecule has 3 heterocycles. The molecule has 0 amide bonds. The first-order valence-electron chi connectivity index (χ1n) is 6.78. The summed E-state index contributed by atoms with van der Waals surface area (Å²) in [7, 11) is 0. The van der Waals surface area contributed by atoms with Crippen LogP contribution in [-0.4, -0.2) is 27.7 Å². The summed E-state index contributed by atoms with van der Waals surface area (Å²) in [4.78, 5) is 8.45. The zero-order valence-corrected chi connectivity index (χ0v) is 11.8. The van der Waals surface area contributed by atoms with E-state index in [0.717, 1.165) is 24.6 Å². The minimum Gasteiger partial charge on any atom is -0.416 e. The molecule has 1 N–H and O–H groups in total. The van der Waals surface area contributed by atoms with E-state index < -0.39 is 6.61 Å². The Morgan fingerprint density at radius 3 is 3.05 bits per heavy atom. The number of aryl methyl sites for hydroxylation is 1. The van der Waals surface area contributed by atoms with Crippen LogP contribution < -0.4 is 10.1 Å². The average molecular weight is 294 g/mol. The van der Waals surface area contributed by atoms with Gasteiger partial charge in [0.25, 0.3) is 0 Å². The highest BCUT2D eigenvalue weighted by Gasteiger charge is 2.26. The third-order valence-electron chi connectivity index (χ3n) is 3.62. The Kier molecular flexibility index (Phi) is 3.59. The Hall–Kier alpha value is -2.02. The molecule has 5 nitrogen and oxygen atoms in total. The summed E-state index contributed by atoms with van der Waals surface area (Å²) in [5.41, 5.74) is 2.12. The van der Waals surface area contributed by atoms with Crippen molar-refractivity contribution in [2.75, 3.05) is 6.54 Å². The van der Waals surface area contributed by atoms with Gasteiger partial charge in [-0.3, -0.25) is 0 Å². The van der Waals surface area contributed by atoms with Gasteiger partial charge < -0.3 is 14.6 Å². The van der Waals surface area contributed by atoms with Crippen LogP contribution >= 0.6 is 0 Å². The molecule has 0 aliphatic carbocycles. The Labute approximate surface area is 121 Å². The number of nitrogens with one attached hydrogen (secondary N) is 1. The first-order valence-corrected chi connectivity index (χ1v) is 6.78. The molecule has 2 aromatic heterocycles. The summed E-state index contributed by atoms with van der Waals surface area (Å²) < 4.78 is 31.7. The molecule has 1 unspecified atom stereocenters. The summed E-state index contributed by atoms with van der Waals surface area (Å²) in [6, 6.07) is 3.49. The van der Waals surface area contributed by atoms with E-state index in [9.17, 15) is 8.78 Å². The van der Waals surface area contributed by atoms with Gasteiger partial charge in [-0.25, -0.2) is 9.97 Å². The number of rotatable bonds is 3. The lowest BCUT2D eigenvalue weighted by molar-refractivity contribution is -0.0524. The van der Waals surface area contributed by atoms with E-state index in [1.54, 1.807) is 12.1 Å². The highest BCUT2D eigenvalue weighted by Crippen LogP contribution is 2.35. The maximum atomic E-state index is 12.5. The van der Waals surface area contributed by atoms with Crippen LogP contribution in [0.2, 0.25) is 0 Å². The second-order valence-corrected chi connectivity index (χ2v) is 4.95. The van der Waals surface area contributed by atoms with E-state index in [1.165, 1.54) is 6.20 Å². The van der Waals surface area contributed by atoms with Crippen LogP contribution in [0.25, 0.3) is 11.3 Å². The Bertz CT molecular complexity index is 656. The fourth-order valence-corrected chi connectivity index (χ4v) is 2.74. The van der Waals surface area contributed by atoms with Gasteiger partial charge in [0.1, 0.15) is 5.82 Å². The number of imidazole rings is 1. The maximum absolute atomic E-state index is 12.5. The number of halogens is 2. The van der Waals surface area contributed by atoms with Crippen molar-refractivity contribution < 1.29 is 13.5 Å². The van der Waals surface area contributed by atoms with Crippen LogP contribution in [0.1, 0.15) is 24.5 Å². The maximum Gasteiger partial charge on any atom is 0.388 e. The SMILES string of the molecule is Cc1nc(-c2cccnc2OC(F)F)c2n1CCNC2C. The highest BCUT2D eigenvalue weighted by molar-refractivity contribution is 5.68. The summed E-state index contributed by atoms with van der Waals surface area (Å²) in [6.07, 6.45) is 1.43. The van der Waals surface area contributed by atoms with Crippen molar-refractivity contribution in [3.05, 3.63) is 29.8 Å². The van der Waals surface area contributed by atoms with Gasteiger partial charge in [-0.05, 0) is 26.0 Å². The monoisotopic (exact) mass is 294 g/mol. The second kappa shape index (κ2) is 5.40. The molecular weight excluding hydrogens is 278 g/mol. The molecular formula is C14H16F2N4O. The first kappa shape index (κ1) is 13.9. The van der Waals surface area contributed by atoms with Gasteiger partial charge in [-0.1, -0.05) is 0 Å². The van der Waals surface area contributed by atoms with Crippen molar-refractivity contribution in [3.8, 4) is 17.1 Å². The quantitative estimate of drug-likeness (QED) is 0.945. The number of alkyl halides is 2. The zero-order chi connectivity index (χ0) is 15.0. The Morgan fingerprint density at radius 1 is 1.48 bits per heavy atom. The van der Waals surface area contributed by atoms with Gasteiger partial charge >= 0.3 is 6.61 Å². The fraction of sp³-hybridized carbons (Fsp3) is 0.429. The first-order chi connectivity index (χ1) is 10.1. The predicted molar refractivity (Wildman–Crippen MR) is 73.2 cm³/mol. The summed E-state index contributed by atoms with van der Waals surface area (Å²) in [5, 5.41) is 3.35. The summed E-state index contributed by atoms with van der Waals surface area (Å²) in [6.45, 7) is 2.70. The van der Waals surface area contributed by atoms with Crippen molar-refractivity contribution in [3.63, 3.8) is 0 Å². The van der Waals surface area contributed by atoms with Gasteiger partial charge in [0.15, 0.2) is 0 Å². The molecule has 7 heteroatoms. The lowest BCUT2D eigenvalue weighted by atomic mass is 10.1. The zero-order valence-electron chi connectivity index (χ0n) is 11.8. The van der Waals surface area contributed by atoms with Crippen molar-refractivity contribution in [2.24, 2.45) is 0 Å². The molecule has 21 heavy (non-hydrogen) atoms. The number of fused-ring (bicyclic) bond motifs is 1. The van der Waals surface area contributed by atoms with Gasteiger partial charge in [-0.2, -0.15) is 8.78 Å². The van der Waals surface area contributed by atoms with Gasteiger partial charge in [-0.15, -0.1) is 0 Å². The normalized spacial score (nSPS) is 17.9. The van der Waals surface area contributed by atoms with Crippen LogP contribution in [-0.2, 0) is 6.54 Å². The highest BCUT2D eigenvalue weighted by atomic mass is 19.3. The van der Waals surface area contributed by atoms with Crippen molar-refractivity contribution in [1.82, 2.24) is 19.9 Å². The van der Waals surface area contributed by atoms with Crippen LogP contribution in [0.15, 0.2) is 18.3 Å². The predicted octanol–water partition coefficient (Wildman–Crippen LogP) is 2.52. The third-order valence-corrected chi connectivity index (χ3v) is 3.62. The molecule has 0 radical (unpaired) electrons. The topological polar surface area (TPSA) is 52.0 Å². The number of ether oxygens (including phenoxy) is 1. The van der Waals surface area contributed by atoms with E-state index in [2.05, 4.69) is 24.6 Å². The van der Waals surface area contributed by atoms with E-state index in [1.807, 2.05) is 13.8 Å². The van der Waals surface area contributed by atoms with Crippen LogP contribution in [0.3, 0.4) is 0 Å². The number of hydrogen-bond donors (Lipinski definition) is 1. The van der Waals surface area contributed by atoms with Crippen LogP contribution in [0, 0.1) is 6.92 Å². The molecule has 1 atom stereocenters. The number of pyridine rings is 1. The molecule has 1 aliphatic rings. The third kappa shape index (κ3) is 2.49. The largest absolute Gasteiger partial charge is 0.416 e. The Morgan fingerprint density at radius 2 is 2.29 bits per heavy atom. The summed E-state index contributed by atoms with van der Waals surface area (Å²) in [5.74, 6) is 0.770. The molecule has 112 valence electrons. The second-order valence-electron chi connectivity index (χ2n) is 4.95. The number of aromatic nitrogens is 3. The van der Waals surface area contributed by atoms with E-state index in [0.29, 0.717) is 11.3 Å². The number of nitrogens with zero attached hydrogens (tertiary/aromatic N) is 3. The molecule has 1 aliphatic heterocycles. The lowest BCUT2D eigenvalue weighted by Gasteiger charge is -2.24. The standard InChI is InChI=1S/C14H16F2N4O/c1-8-12-11(19-9(2)20(12)7-6-17-8)10-4-3-5-18-13(10)21-14(15)16/h3-5,8,14,17H,6-7H2,1-2H3. The smallest absolute Gasteiger partial charge is 0.388 e. The van der Waals surface area contributed by atoms with Gasteiger partial charge in [0.05, 0.1) is 17.0 Å². The minimum atomic E-state index is -2.91.